The van der Waals surface area contributed by atoms with Crippen molar-refractivity contribution in [2.75, 3.05) is 28.6 Å². The zero-order valence-electron chi connectivity index (χ0n) is 17.3. The SMILES string of the molecule is CCCCc1ccc(NC(=O)C(=O)Nc2ccc(N(CC)CC)cc2C)cc1. The molecule has 0 aromatic heterocycles. The summed E-state index contributed by atoms with van der Waals surface area (Å²) in [5, 5.41) is 5.36. The number of hydrogen-bond donors (Lipinski definition) is 2. The fourth-order valence-corrected chi connectivity index (χ4v) is 3.08. The van der Waals surface area contributed by atoms with Gasteiger partial charge in [0.15, 0.2) is 0 Å². The van der Waals surface area contributed by atoms with Crippen LogP contribution >= 0.6 is 0 Å². The van der Waals surface area contributed by atoms with Gasteiger partial charge in [-0.05, 0) is 75.1 Å². The van der Waals surface area contributed by atoms with Crippen LogP contribution in [0.5, 0.6) is 0 Å². The summed E-state index contributed by atoms with van der Waals surface area (Å²) in [6, 6.07) is 13.5. The highest BCUT2D eigenvalue weighted by atomic mass is 16.2. The van der Waals surface area contributed by atoms with E-state index in [0.29, 0.717) is 11.4 Å². The van der Waals surface area contributed by atoms with Gasteiger partial charge in [-0.15, -0.1) is 0 Å². The van der Waals surface area contributed by atoms with Crippen LogP contribution in [0.2, 0.25) is 0 Å². The molecule has 0 bridgehead atoms. The van der Waals surface area contributed by atoms with Crippen LogP contribution in [0.3, 0.4) is 0 Å². The van der Waals surface area contributed by atoms with Crippen molar-refractivity contribution in [2.45, 2.75) is 47.0 Å². The normalized spacial score (nSPS) is 10.4. The summed E-state index contributed by atoms with van der Waals surface area (Å²) in [6.45, 7) is 10.1. The Labute approximate surface area is 168 Å². The third kappa shape index (κ3) is 5.84. The molecule has 0 radical (unpaired) electrons. The van der Waals surface area contributed by atoms with Crippen LogP contribution in [-0.2, 0) is 16.0 Å². The van der Waals surface area contributed by atoms with Gasteiger partial charge in [0.25, 0.3) is 0 Å². The molecule has 2 N–H and O–H groups in total. The average Bonchev–Trinajstić information content (AvgIpc) is 2.70. The van der Waals surface area contributed by atoms with Crippen molar-refractivity contribution in [3.8, 4) is 0 Å². The maximum Gasteiger partial charge on any atom is 0.314 e. The molecule has 150 valence electrons. The Morgan fingerprint density at radius 2 is 1.54 bits per heavy atom. The summed E-state index contributed by atoms with van der Waals surface area (Å²) < 4.78 is 0. The third-order valence-electron chi connectivity index (χ3n) is 4.82. The fraction of sp³-hybridized carbons (Fsp3) is 0.391. The lowest BCUT2D eigenvalue weighted by Crippen LogP contribution is -2.29. The zero-order chi connectivity index (χ0) is 20.5. The molecule has 0 spiro atoms. The van der Waals surface area contributed by atoms with Gasteiger partial charge >= 0.3 is 11.8 Å². The van der Waals surface area contributed by atoms with Crippen molar-refractivity contribution in [1.29, 1.82) is 0 Å². The van der Waals surface area contributed by atoms with Crippen molar-refractivity contribution in [2.24, 2.45) is 0 Å². The maximum absolute atomic E-state index is 12.3. The molecular weight excluding hydrogens is 350 g/mol. The first-order valence-corrected chi connectivity index (χ1v) is 10.0. The van der Waals surface area contributed by atoms with Crippen molar-refractivity contribution in [3.63, 3.8) is 0 Å². The minimum absolute atomic E-state index is 0.619. The van der Waals surface area contributed by atoms with Crippen molar-refractivity contribution in [1.82, 2.24) is 0 Å². The topological polar surface area (TPSA) is 61.4 Å². The highest BCUT2D eigenvalue weighted by Gasteiger charge is 2.15. The Morgan fingerprint density at radius 3 is 2.11 bits per heavy atom. The fourth-order valence-electron chi connectivity index (χ4n) is 3.08. The van der Waals surface area contributed by atoms with Crippen LogP contribution in [-0.4, -0.2) is 24.9 Å². The van der Waals surface area contributed by atoms with Crippen LogP contribution < -0.4 is 15.5 Å². The Kier molecular flexibility index (Phi) is 8.05. The summed E-state index contributed by atoms with van der Waals surface area (Å²) >= 11 is 0. The molecule has 5 nitrogen and oxygen atoms in total. The predicted molar refractivity (Wildman–Crippen MR) is 117 cm³/mol. The first-order valence-electron chi connectivity index (χ1n) is 10.0. The van der Waals surface area contributed by atoms with E-state index in [1.54, 1.807) is 0 Å². The van der Waals surface area contributed by atoms with E-state index in [1.807, 2.05) is 49.4 Å². The maximum atomic E-state index is 12.3. The van der Waals surface area contributed by atoms with E-state index in [-0.39, 0.29) is 0 Å². The summed E-state index contributed by atoms with van der Waals surface area (Å²) in [6.07, 6.45) is 3.31. The second-order valence-corrected chi connectivity index (χ2v) is 6.88. The molecule has 0 aliphatic carbocycles. The smallest absolute Gasteiger partial charge is 0.314 e. The highest BCUT2D eigenvalue weighted by molar-refractivity contribution is 6.43. The van der Waals surface area contributed by atoms with Gasteiger partial charge in [-0.1, -0.05) is 25.5 Å². The highest BCUT2D eigenvalue weighted by Crippen LogP contribution is 2.22. The second kappa shape index (κ2) is 10.5. The Morgan fingerprint density at radius 1 is 0.893 bits per heavy atom. The molecule has 0 atom stereocenters. The summed E-state index contributed by atoms with van der Waals surface area (Å²) in [5.41, 5.74) is 4.52. The van der Waals surface area contributed by atoms with Crippen LogP contribution in [0.4, 0.5) is 17.1 Å². The molecule has 2 amide bonds. The number of rotatable bonds is 8. The van der Waals surface area contributed by atoms with Crippen LogP contribution in [0, 0.1) is 6.92 Å². The van der Waals surface area contributed by atoms with Crippen LogP contribution in [0.25, 0.3) is 0 Å². The zero-order valence-corrected chi connectivity index (χ0v) is 17.3. The molecule has 0 fully saturated rings. The standard InChI is InChI=1S/C23H31N3O2/c1-5-8-9-18-10-12-19(13-11-18)24-22(27)23(28)25-21-15-14-20(16-17(21)4)26(6-2)7-3/h10-16H,5-9H2,1-4H3,(H,24,27)(H,25,28). The summed E-state index contributed by atoms with van der Waals surface area (Å²) in [7, 11) is 0. The number of carbonyl (C=O) groups excluding carboxylic acids is 2. The number of amides is 2. The van der Waals surface area contributed by atoms with Gasteiger partial charge in [0.05, 0.1) is 0 Å². The van der Waals surface area contributed by atoms with Gasteiger partial charge in [-0.2, -0.15) is 0 Å². The van der Waals surface area contributed by atoms with E-state index >= 15 is 0 Å². The number of unbranched alkanes of at least 4 members (excludes halogenated alkanes) is 1. The van der Waals surface area contributed by atoms with Crippen molar-refractivity contribution in [3.05, 3.63) is 53.6 Å². The summed E-state index contributed by atoms with van der Waals surface area (Å²) in [4.78, 5) is 26.7. The molecule has 28 heavy (non-hydrogen) atoms. The number of anilines is 3. The van der Waals surface area contributed by atoms with Crippen LogP contribution in [0.1, 0.15) is 44.7 Å². The van der Waals surface area contributed by atoms with Gasteiger partial charge < -0.3 is 15.5 Å². The molecule has 0 heterocycles. The molecule has 2 aromatic carbocycles. The summed E-state index contributed by atoms with van der Waals surface area (Å²) in [5.74, 6) is -1.35. The molecule has 2 aromatic rings. The average molecular weight is 382 g/mol. The third-order valence-corrected chi connectivity index (χ3v) is 4.82. The molecular formula is C23H31N3O2. The Bertz CT molecular complexity index is 796. The Hall–Kier alpha value is -2.82. The number of benzene rings is 2. The lowest BCUT2D eigenvalue weighted by Gasteiger charge is -2.22. The van der Waals surface area contributed by atoms with Gasteiger partial charge in [0.2, 0.25) is 0 Å². The molecule has 5 heteroatoms. The van der Waals surface area contributed by atoms with E-state index in [1.165, 1.54) is 5.56 Å². The van der Waals surface area contributed by atoms with E-state index in [4.69, 9.17) is 0 Å². The predicted octanol–water partition coefficient (Wildman–Crippen LogP) is 4.76. The number of carbonyl (C=O) groups is 2. The molecule has 0 unspecified atom stereocenters. The van der Waals surface area contributed by atoms with Crippen molar-refractivity contribution >= 4 is 28.9 Å². The first kappa shape index (κ1) is 21.5. The van der Waals surface area contributed by atoms with Gasteiger partial charge in [0.1, 0.15) is 0 Å². The van der Waals surface area contributed by atoms with Crippen LogP contribution in [0.15, 0.2) is 42.5 Å². The monoisotopic (exact) mass is 381 g/mol. The Balaban J connectivity index is 1.97. The van der Waals surface area contributed by atoms with Gasteiger partial charge in [-0.3, -0.25) is 9.59 Å². The molecule has 0 aliphatic heterocycles. The lowest BCUT2D eigenvalue weighted by atomic mass is 10.1. The van der Waals surface area contributed by atoms with Gasteiger partial charge in [0, 0.05) is 30.2 Å². The van der Waals surface area contributed by atoms with E-state index in [9.17, 15) is 9.59 Å². The molecule has 2 rings (SSSR count). The van der Waals surface area contributed by atoms with E-state index in [2.05, 4.69) is 36.3 Å². The quantitative estimate of drug-likeness (QED) is 0.648. The molecule has 0 aliphatic rings. The van der Waals surface area contributed by atoms with Gasteiger partial charge in [-0.25, -0.2) is 0 Å². The molecule has 0 saturated carbocycles. The minimum Gasteiger partial charge on any atom is -0.372 e. The van der Waals surface area contributed by atoms with E-state index < -0.39 is 11.8 Å². The minimum atomic E-state index is -0.673. The van der Waals surface area contributed by atoms with Crippen molar-refractivity contribution < 1.29 is 9.59 Å². The lowest BCUT2D eigenvalue weighted by molar-refractivity contribution is -0.133. The first-order chi connectivity index (χ1) is 13.5. The largest absolute Gasteiger partial charge is 0.372 e. The second-order valence-electron chi connectivity index (χ2n) is 6.88. The number of hydrogen-bond acceptors (Lipinski definition) is 3. The number of nitrogens with one attached hydrogen (secondary N) is 2. The molecule has 0 saturated heterocycles. The van der Waals surface area contributed by atoms with E-state index in [0.717, 1.165) is 43.6 Å². The number of nitrogens with zero attached hydrogens (tertiary/aromatic N) is 1. The number of aryl methyl sites for hydroxylation is 2.